The lowest BCUT2D eigenvalue weighted by Gasteiger charge is -2.23. The maximum absolute atomic E-state index is 5.98. The van der Waals surface area contributed by atoms with Crippen molar-refractivity contribution in [2.24, 2.45) is 0 Å². The minimum Gasteiger partial charge on any atom is -0.439 e. The minimum atomic E-state index is 0.121. The van der Waals surface area contributed by atoms with E-state index in [1.165, 1.54) is 11.1 Å². The third-order valence-corrected chi connectivity index (χ3v) is 3.98. The second kappa shape index (κ2) is 4.62. The highest BCUT2D eigenvalue weighted by molar-refractivity contribution is 6.31. The summed E-state index contributed by atoms with van der Waals surface area (Å²) in [5.74, 6) is 0.733. The monoisotopic (exact) mass is 284 g/mol. The Bertz CT molecular complexity index is 781. The highest BCUT2D eigenvalue weighted by Gasteiger charge is 2.23. The van der Waals surface area contributed by atoms with Crippen molar-refractivity contribution in [3.63, 3.8) is 0 Å². The molecule has 1 aromatic heterocycles. The van der Waals surface area contributed by atoms with Crippen molar-refractivity contribution < 1.29 is 4.42 Å². The molecule has 4 rings (SSSR count). The summed E-state index contributed by atoms with van der Waals surface area (Å²) in [7, 11) is 0. The van der Waals surface area contributed by atoms with E-state index < -0.39 is 0 Å². The van der Waals surface area contributed by atoms with Gasteiger partial charge in [0, 0.05) is 17.6 Å². The SMILES string of the molecule is Clc1ccc2nc(C3Cc4ccccc4CN3)oc2c1. The van der Waals surface area contributed by atoms with Gasteiger partial charge in [-0.3, -0.25) is 0 Å². The largest absolute Gasteiger partial charge is 0.439 e. The number of benzene rings is 2. The van der Waals surface area contributed by atoms with Crippen molar-refractivity contribution in [3.05, 3.63) is 64.5 Å². The fourth-order valence-electron chi connectivity index (χ4n) is 2.69. The normalized spacial score (nSPS) is 18.1. The lowest BCUT2D eigenvalue weighted by molar-refractivity contribution is 0.395. The van der Waals surface area contributed by atoms with Crippen LogP contribution in [0.1, 0.15) is 23.1 Å². The molecule has 1 N–H and O–H groups in total. The Balaban J connectivity index is 1.70. The first kappa shape index (κ1) is 11.9. The van der Waals surface area contributed by atoms with Crippen molar-refractivity contribution in [1.82, 2.24) is 10.3 Å². The number of nitrogens with zero attached hydrogens (tertiary/aromatic N) is 1. The Labute approximate surface area is 121 Å². The molecule has 0 saturated heterocycles. The third-order valence-electron chi connectivity index (χ3n) is 3.75. The number of hydrogen-bond acceptors (Lipinski definition) is 3. The molecular formula is C16H13ClN2O. The van der Waals surface area contributed by atoms with Crippen LogP contribution in [0.2, 0.25) is 5.02 Å². The Morgan fingerprint density at radius 2 is 2.00 bits per heavy atom. The molecule has 0 aliphatic carbocycles. The minimum absolute atomic E-state index is 0.121. The Kier molecular flexibility index (Phi) is 2.76. The van der Waals surface area contributed by atoms with E-state index in [4.69, 9.17) is 16.0 Å². The first-order valence-corrected chi connectivity index (χ1v) is 7.03. The first-order chi connectivity index (χ1) is 9.79. The Hall–Kier alpha value is -1.84. The number of halogens is 1. The molecule has 0 fully saturated rings. The maximum Gasteiger partial charge on any atom is 0.212 e. The van der Waals surface area contributed by atoms with Crippen LogP contribution in [0.5, 0.6) is 0 Å². The molecule has 0 spiro atoms. The summed E-state index contributed by atoms with van der Waals surface area (Å²) in [5, 5.41) is 4.15. The van der Waals surface area contributed by atoms with Crippen molar-refractivity contribution in [3.8, 4) is 0 Å². The van der Waals surface area contributed by atoms with Gasteiger partial charge in [0.2, 0.25) is 5.89 Å². The van der Waals surface area contributed by atoms with Crippen LogP contribution < -0.4 is 5.32 Å². The van der Waals surface area contributed by atoms with E-state index in [0.29, 0.717) is 5.02 Å². The molecule has 1 aliphatic rings. The molecule has 0 amide bonds. The molecule has 1 atom stereocenters. The van der Waals surface area contributed by atoms with Gasteiger partial charge in [0.15, 0.2) is 5.58 Å². The molecular weight excluding hydrogens is 272 g/mol. The van der Waals surface area contributed by atoms with Crippen LogP contribution in [-0.4, -0.2) is 4.98 Å². The van der Waals surface area contributed by atoms with Gasteiger partial charge in [-0.15, -0.1) is 0 Å². The summed E-state index contributed by atoms with van der Waals surface area (Å²) in [6.45, 7) is 0.848. The van der Waals surface area contributed by atoms with E-state index >= 15 is 0 Å². The highest BCUT2D eigenvalue weighted by Crippen LogP contribution is 2.28. The molecule has 3 aromatic rings. The van der Waals surface area contributed by atoms with Crippen LogP contribution in [-0.2, 0) is 13.0 Å². The number of oxazole rings is 1. The summed E-state index contributed by atoms with van der Waals surface area (Å²) in [5.41, 5.74) is 4.30. The van der Waals surface area contributed by atoms with E-state index in [-0.39, 0.29) is 6.04 Å². The fraction of sp³-hybridized carbons (Fsp3) is 0.188. The molecule has 1 aliphatic heterocycles. The lowest BCUT2D eigenvalue weighted by Crippen LogP contribution is -2.28. The highest BCUT2D eigenvalue weighted by atomic mass is 35.5. The van der Waals surface area contributed by atoms with Crippen LogP contribution in [0.3, 0.4) is 0 Å². The second-order valence-electron chi connectivity index (χ2n) is 5.07. The molecule has 0 saturated carbocycles. The molecule has 2 aromatic carbocycles. The predicted molar refractivity (Wildman–Crippen MR) is 78.7 cm³/mol. The first-order valence-electron chi connectivity index (χ1n) is 6.66. The van der Waals surface area contributed by atoms with Crippen LogP contribution in [0.25, 0.3) is 11.1 Å². The Morgan fingerprint density at radius 3 is 2.90 bits per heavy atom. The Morgan fingerprint density at radius 1 is 1.15 bits per heavy atom. The topological polar surface area (TPSA) is 38.1 Å². The van der Waals surface area contributed by atoms with E-state index in [9.17, 15) is 0 Å². The number of nitrogens with one attached hydrogen (secondary N) is 1. The van der Waals surface area contributed by atoms with Gasteiger partial charge >= 0.3 is 0 Å². The van der Waals surface area contributed by atoms with E-state index in [1.807, 2.05) is 18.2 Å². The third kappa shape index (κ3) is 1.99. The molecule has 1 unspecified atom stereocenters. The van der Waals surface area contributed by atoms with E-state index in [2.05, 4.69) is 34.6 Å². The zero-order chi connectivity index (χ0) is 13.5. The zero-order valence-electron chi connectivity index (χ0n) is 10.8. The molecule has 4 heteroatoms. The number of aromatic nitrogens is 1. The summed E-state index contributed by atoms with van der Waals surface area (Å²) in [4.78, 5) is 4.56. The number of rotatable bonds is 1. The molecule has 3 nitrogen and oxygen atoms in total. The van der Waals surface area contributed by atoms with E-state index in [1.54, 1.807) is 0 Å². The average Bonchev–Trinajstić information content (AvgIpc) is 2.89. The van der Waals surface area contributed by atoms with Gasteiger partial charge in [-0.25, -0.2) is 4.98 Å². The van der Waals surface area contributed by atoms with Gasteiger partial charge < -0.3 is 9.73 Å². The second-order valence-corrected chi connectivity index (χ2v) is 5.51. The van der Waals surface area contributed by atoms with Crippen LogP contribution in [0.15, 0.2) is 46.9 Å². The smallest absolute Gasteiger partial charge is 0.212 e. The number of hydrogen-bond donors (Lipinski definition) is 1. The molecule has 20 heavy (non-hydrogen) atoms. The predicted octanol–water partition coefficient (Wildman–Crippen LogP) is 3.87. The van der Waals surface area contributed by atoms with Gasteiger partial charge in [0.25, 0.3) is 0 Å². The van der Waals surface area contributed by atoms with E-state index in [0.717, 1.165) is 30.0 Å². The van der Waals surface area contributed by atoms with Crippen molar-refractivity contribution in [1.29, 1.82) is 0 Å². The van der Waals surface area contributed by atoms with Crippen LogP contribution >= 0.6 is 11.6 Å². The summed E-state index contributed by atoms with van der Waals surface area (Å²) in [6, 6.07) is 14.1. The molecule has 0 bridgehead atoms. The van der Waals surface area contributed by atoms with Gasteiger partial charge in [0.1, 0.15) is 5.52 Å². The van der Waals surface area contributed by atoms with Gasteiger partial charge in [-0.1, -0.05) is 35.9 Å². The average molecular weight is 285 g/mol. The van der Waals surface area contributed by atoms with Crippen LogP contribution in [0, 0.1) is 0 Å². The molecule has 2 heterocycles. The number of fused-ring (bicyclic) bond motifs is 2. The van der Waals surface area contributed by atoms with Gasteiger partial charge in [0.05, 0.1) is 6.04 Å². The molecule has 100 valence electrons. The van der Waals surface area contributed by atoms with Crippen molar-refractivity contribution in [2.45, 2.75) is 19.0 Å². The fourth-order valence-corrected chi connectivity index (χ4v) is 2.86. The summed E-state index contributed by atoms with van der Waals surface area (Å²) >= 11 is 5.98. The zero-order valence-corrected chi connectivity index (χ0v) is 11.5. The standard InChI is InChI=1S/C16H13ClN2O/c17-12-5-6-13-15(8-12)20-16(19-13)14-7-10-3-1-2-4-11(10)9-18-14/h1-6,8,14,18H,7,9H2. The van der Waals surface area contributed by atoms with Crippen LogP contribution in [0.4, 0.5) is 0 Å². The van der Waals surface area contributed by atoms with Crippen molar-refractivity contribution in [2.75, 3.05) is 0 Å². The van der Waals surface area contributed by atoms with Gasteiger partial charge in [-0.2, -0.15) is 0 Å². The molecule has 0 radical (unpaired) electrons. The quantitative estimate of drug-likeness (QED) is 0.737. The van der Waals surface area contributed by atoms with Crippen molar-refractivity contribution >= 4 is 22.7 Å². The van der Waals surface area contributed by atoms with Gasteiger partial charge in [-0.05, 0) is 29.7 Å². The lowest BCUT2D eigenvalue weighted by atomic mass is 9.96. The maximum atomic E-state index is 5.98. The summed E-state index contributed by atoms with van der Waals surface area (Å²) in [6.07, 6.45) is 0.900. The summed E-state index contributed by atoms with van der Waals surface area (Å²) < 4.78 is 5.85.